The lowest BCUT2D eigenvalue weighted by Crippen LogP contribution is -2.41. The van der Waals surface area contributed by atoms with Crippen molar-refractivity contribution in [3.05, 3.63) is 35.9 Å². The van der Waals surface area contributed by atoms with Gasteiger partial charge in [-0.1, -0.05) is 30.3 Å². The zero-order chi connectivity index (χ0) is 21.3. The highest BCUT2D eigenvalue weighted by Gasteiger charge is 2.33. The topological polar surface area (TPSA) is 105 Å². The first kappa shape index (κ1) is 21.6. The molecule has 1 aromatic rings. The highest BCUT2D eigenvalue weighted by Crippen LogP contribution is 2.16. The zero-order valence-corrected chi connectivity index (χ0v) is 16.9. The molecule has 2 saturated heterocycles. The molecular formula is C21H27N3O6. The summed E-state index contributed by atoms with van der Waals surface area (Å²) in [5, 5.41) is 3.27. The monoisotopic (exact) mass is 417 g/mol. The first-order valence-corrected chi connectivity index (χ1v) is 10.3. The second-order valence-corrected chi connectivity index (χ2v) is 7.47. The summed E-state index contributed by atoms with van der Waals surface area (Å²) < 4.78 is 5.42. The highest BCUT2D eigenvalue weighted by atomic mass is 16.7. The summed E-state index contributed by atoms with van der Waals surface area (Å²) in [6.07, 6.45) is 2.65. The molecule has 0 saturated carbocycles. The third kappa shape index (κ3) is 6.20. The van der Waals surface area contributed by atoms with Crippen LogP contribution in [0, 0.1) is 0 Å². The maximum Gasteiger partial charge on any atom is 0.432 e. The average Bonchev–Trinajstić information content (AvgIpc) is 3.11. The molecule has 1 unspecified atom stereocenters. The van der Waals surface area contributed by atoms with E-state index in [-0.39, 0.29) is 31.6 Å². The van der Waals surface area contributed by atoms with Gasteiger partial charge in [-0.15, -0.1) is 5.06 Å². The summed E-state index contributed by atoms with van der Waals surface area (Å²) in [6.45, 7) is 1.37. The number of hydroxylamine groups is 2. The van der Waals surface area contributed by atoms with Gasteiger partial charge < -0.3 is 19.8 Å². The van der Waals surface area contributed by atoms with Crippen LogP contribution in [0.15, 0.2) is 30.3 Å². The summed E-state index contributed by atoms with van der Waals surface area (Å²) in [7, 11) is 0. The van der Waals surface area contributed by atoms with E-state index in [1.807, 2.05) is 30.3 Å². The predicted molar refractivity (Wildman–Crippen MR) is 106 cm³/mol. The third-order valence-corrected chi connectivity index (χ3v) is 5.18. The van der Waals surface area contributed by atoms with Gasteiger partial charge in [0, 0.05) is 32.0 Å². The van der Waals surface area contributed by atoms with Crippen molar-refractivity contribution in [2.24, 2.45) is 0 Å². The Hall–Kier alpha value is -3.10. The number of carbonyl (C=O) groups excluding carboxylic acids is 4. The van der Waals surface area contributed by atoms with Gasteiger partial charge in [-0.25, -0.2) is 9.59 Å². The minimum Gasteiger partial charge on any atom is -0.445 e. The van der Waals surface area contributed by atoms with E-state index >= 15 is 0 Å². The van der Waals surface area contributed by atoms with Crippen LogP contribution in [0.4, 0.5) is 9.59 Å². The molecule has 2 aliphatic rings. The molecule has 1 aromatic carbocycles. The van der Waals surface area contributed by atoms with Gasteiger partial charge in [-0.3, -0.25) is 9.59 Å². The fraction of sp³-hybridized carbons (Fsp3) is 0.524. The fourth-order valence-electron chi connectivity index (χ4n) is 3.55. The minimum atomic E-state index is -0.804. The van der Waals surface area contributed by atoms with E-state index in [2.05, 4.69) is 5.32 Å². The molecule has 1 N–H and O–H groups in total. The summed E-state index contributed by atoms with van der Waals surface area (Å²) >= 11 is 0. The SMILES string of the molecule is O=C(NC1CCCCN(C(=O)OCc2ccccc2)CCC1)ON1C(=O)CCC1=O. The van der Waals surface area contributed by atoms with Crippen molar-refractivity contribution in [1.29, 1.82) is 0 Å². The molecule has 3 rings (SSSR count). The van der Waals surface area contributed by atoms with E-state index in [1.54, 1.807) is 4.90 Å². The fourth-order valence-corrected chi connectivity index (χ4v) is 3.55. The Morgan fingerprint density at radius 3 is 2.37 bits per heavy atom. The molecule has 162 valence electrons. The normalized spacial score (nSPS) is 20.2. The summed E-state index contributed by atoms with van der Waals surface area (Å²) in [6, 6.07) is 9.38. The quantitative estimate of drug-likeness (QED) is 0.756. The summed E-state index contributed by atoms with van der Waals surface area (Å²) in [5.74, 6) is -1.01. The maximum atomic E-state index is 12.4. The van der Waals surface area contributed by atoms with E-state index in [0.29, 0.717) is 31.0 Å². The molecule has 4 amide bonds. The molecule has 0 spiro atoms. The first-order valence-electron chi connectivity index (χ1n) is 10.3. The Kier molecular flexibility index (Phi) is 7.64. The van der Waals surface area contributed by atoms with Crippen LogP contribution in [0.25, 0.3) is 0 Å². The van der Waals surface area contributed by atoms with Crippen LogP contribution in [0.2, 0.25) is 0 Å². The van der Waals surface area contributed by atoms with Crippen molar-refractivity contribution >= 4 is 24.0 Å². The van der Waals surface area contributed by atoms with Crippen molar-refractivity contribution in [2.45, 2.75) is 57.6 Å². The Morgan fingerprint density at radius 1 is 0.967 bits per heavy atom. The van der Waals surface area contributed by atoms with Gasteiger partial charge in [0.1, 0.15) is 6.61 Å². The molecule has 9 heteroatoms. The molecule has 30 heavy (non-hydrogen) atoms. The number of amides is 4. The molecule has 2 aliphatic heterocycles. The van der Waals surface area contributed by atoms with Gasteiger partial charge in [-0.2, -0.15) is 0 Å². The van der Waals surface area contributed by atoms with E-state index in [1.165, 1.54) is 0 Å². The molecule has 0 radical (unpaired) electrons. The van der Waals surface area contributed by atoms with Gasteiger partial charge in [0.25, 0.3) is 11.8 Å². The van der Waals surface area contributed by atoms with Gasteiger partial charge >= 0.3 is 12.2 Å². The minimum absolute atomic E-state index is 0.0613. The Morgan fingerprint density at radius 2 is 1.63 bits per heavy atom. The van der Waals surface area contributed by atoms with Crippen molar-refractivity contribution in [3.8, 4) is 0 Å². The molecule has 0 aliphatic carbocycles. The number of carbonyl (C=O) groups is 4. The van der Waals surface area contributed by atoms with Crippen molar-refractivity contribution in [1.82, 2.24) is 15.3 Å². The molecule has 2 fully saturated rings. The second-order valence-electron chi connectivity index (χ2n) is 7.47. The van der Waals surface area contributed by atoms with E-state index in [9.17, 15) is 19.2 Å². The van der Waals surface area contributed by atoms with E-state index < -0.39 is 17.9 Å². The van der Waals surface area contributed by atoms with Crippen LogP contribution in [-0.2, 0) is 25.8 Å². The van der Waals surface area contributed by atoms with Gasteiger partial charge in [0.05, 0.1) is 0 Å². The number of benzene rings is 1. The molecule has 0 bridgehead atoms. The zero-order valence-electron chi connectivity index (χ0n) is 16.9. The number of rotatable bonds is 4. The standard InChI is InChI=1S/C21H27N3O6/c25-18-11-12-19(26)24(18)30-20(27)22-17-9-4-5-13-23(14-6-10-17)21(28)29-15-16-7-2-1-3-8-16/h1-3,7-8,17H,4-6,9-15H2,(H,22,27). The predicted octanol–water partition coefficient (Wildman–Crippen LogP) is 2.75. The van der Waals surface area contributed by atoms with Crippen molar-refractivity contribution in [2.75, 3.05) is 13.1 Å². The number of imide groups is 1. The molecular weight excluding hydrogens is 390 g/mol. The lowest BCUT2D eigenvalue weighted by molar-refractivity contribution is -0.171. The van der Waals surface area contributed by atoms with Crippen LogP contribution in [0.1, 0.15) is 50.5 Å². The average molecular weight is 417 g/mol. The van der Waals surface area contributed by atoms with E-state index in [4.69, 9.17) is 9.57 Å². The number of ether oxygens (including phenoxy) is 1. The molecule has 0 aromatic heterocycles. The highest BCUT2D eigenvalue weighted by molar-refractivity contribution is 6.01. The van der Waals surface area contributed by atoms with Gasteiger partial charge in [0.2, 0.25) is 0 Å². The number of nitrogens with one attached hydrogen (secondary N) is 1. The number of nitrogens with zero attached hydrogens (tertiary/aromatic N) is 2. The lowest BCUT2D eigenvalue weighted by Gasteiger charge is -2.21. The summed E-state index contributed by atoms with van der Waals surface area (Å²) in [5.41, 5.74) is 0.938. The number of hydrogen-bond acceptors (Lipinski definition) is 6. The van der Waals surface area contributed by atoms with E-state index in [0.717, 1.165) is 24.8 Å². The summed E-state index contributed by atoms with van der Waals surface area (Å²) in [4.78, 5) is 54.2. The van der Waals surface area contributed by atoms with Crippen molar-refractivity contribution in [3.63, 3.8) is 0 Å². The Labute approximate surface area is 175 Å². The molecule has 2 heterocycles. The first-order chi connectivity index (χ1) is 14.5. The van der Waals surface area contributed by atoms with Gasteiger partial charge in [-0.05, 0) is 37.7 Å². The van der Waals surface area contributed by atoms with Crippen LogP contribution < -0.4 is 5.32 Å². The van der Waals surface area contributed by atoms with Gasteiger partial charge in [0.15, 0.2) is 0 Å². The maximum absolute atomic E-state index is 12.4. The Bertz CT molecular complexity index is 753. The third-order valence-electron chi connectivity index (χ3n) is 5.18. The van der Waals surface area contributed by atoms with Crippen LogP contribution in [0.5, 0.6) is 0 Å². The van der Waals surface area contributed by atoms with Crippen LogP contribution in [-0.4, -0.2) is 53.1 Å². The number of hydrogen-bond donors (Lipinski definition) is 1. The molecule has 1 atom stereocenters. The van der Waals surface area contributed by atoms with Crippen LogP contribution >= 0.6 is 0 Å². The van der Waals surface area contributed by atoms with Crippen LogP contribution in [0.3, 0.4) is 0 Å². The smallest absolute Gasteiger partial charge is 0.432 e. The Balaban J connectivity index is 1.43. The largest absolute Gasteiger partial charge is 0.445 e. The molecule has 9 nitrogen and oxygen atoms in total. The second kappa shape index (κ2) is 10.6. The lowest BCUT2D eigenvalue weighted by atomic mass is 10.1. The van der Waals surface area contributed by atoms with Crippen molar-refractivity contribution < 1.29 is 28.8 Å².